The number of piperidine rings is 1. The second kappa shape index (κ2) is 8.37. The fourth-order valence-electron chi connectivity index (χ4n) is 3.72. The molecule has 2 saturated heterocycles. The van der Waals surface area contributed by atoms with E-state index in [1.807, 2.05) is 9.80 Å². The Morgan fingerprint density at radius 2 is 1.65 bits per heavy atom. The summed E-state index contributed by atoms with van der Waals surface area (Å²) in [5.41, 5.74) is -0.0958. The number of amides is 2. The van der Waals surface area contributed by atoms with Crippen LogP contribution in [0.1, 0.15) is 29.6 Å². The number of benzene rings is 1. The molecule has 7 heteroatoms. The Morgan fingerprint density at radius 3 is 2.31 bits per heavy atom. The number of nitrogens with one attached hydrogen (secondary N) is 1. The number of nitrogens with zero attached hydrogens (tertiary/aromatic N) is 2. The average molecular weight is 380 g/mol. The third kappa shape index (κ3) is 4.03. The highest BCUT2D eigenvalue weighted by molar-refractivity contribution is 6.30. The molecular weight excluding hydrogens is 354 g/mol. The van der Waals surface area contributed by atoms with E-state index in [1.165, 1.54) is 0 Å². The third-order valence-electron chi connectivity index (χ3n) is 5.35. The number of carbonyl (C=O) groups is 2. The average Bonchev–Trinajstić information content (AvgIpc) is 2.94. The van der Waals surface area contributed by atoms with Crippen molar-refractivity contribution in [3.8, 4) is 0 Å². The van der Waals surface area contributed by atoms with Gasteiger partial charge in [-0.15, -0.1) is 0 Å². The van der Waals surface area contributed by atoms with Crippen molar-refractivity contribution in [2.75, 3.05) is 46.4 Å². The Hall–Kier alpha value is -1.63. The van der Waals surface area contributed by atoms with Crippen LogP contribution in [-0.2, 0) is 9.53 Å². The first kappa shape index (κ1) is 19.1. The van der Waals surface area contributed by atoms with Gasteiger partial charge in [-0.25, -0.2) is 0 Å². The molecular formula is C19H26ClN3O3. The molecule has 0 bridgehead atoms. The van der Waals surface area contributed by atoms with Crippen LogP contribution in [-0.4, -0.2) is 73.6 Å². The van der Waals surface area contributed by atoms with E-state index in [9.17, 15) is 9.59 Å². The summed E-state index contributed by atoms with van der Waals surface area (Å²) in [5.74, 6) is 0.0431. The molecule has 26 heavy (non-hydrogen) atoms. The molecule has 2 heterocycles. The summed E-state index contributed by atoms with van der Waals surface area (Å²) in [6, 6.07) is 6.94. The Balaban J connectivity index is 1.65. The number of ether oxygens (including phenoxy) is 1. The van der Waals surface area contributed by atoms with Crippen LogP contribution < -0.4 is 5.32 Å². The van der Waals surface area contributed by atoms with Gasteiger partial charge >= 0.3 is 0 Å². The quantitative estimate of drug-likeness (QED) is 0.869. The number of carbonyl (C=O) groups excluding carboxylic acids is 2. The monoisotopic (exact) mass is 379 g/mol. The standard InChI is InChI=1S/C19H26ClN3O3/c1-26-19(7-9-21-10-8-19)18(25)23-12-2-11-22(13-14-23)17(24)15-3-5-16(20)6-4-15/h3-6,21H,2,7-14H2,1H3. The maximum absolute atomic E-state index is 13.1. The number of hydrogen-bond acceptors (Lipinski definition) is 4. The van der Waals surface area contributed by atoms with Crippen molar-refractivity contribution in [3.63, 3.8) is 0 Å². The van der Waals surface area contributed by atoms with Gasteiger partial charge in [-0.05, 0) is 56.6 Å². The highest BCUT2D eigenvalue weighted by Crippen LogP contribution is 2.26. The van der Waals surface area contributed by atoms with Crippen molar-refractivity contribution < 1.29 is 14.3 Å². The van der Waals surface area contributed by atoms with Crippen LogP contribution in [0.15, 0.2) is 24.3 Å². The Bertz CT molecular complexity index is 644. The van der Waals surface area contributed by atoms with Crippen molar-refractivity contribution in [2.45, 2.75) is 24.9 Å². The van der Waals surface area contributed by atoms with E-state index >= 15 is 0 Å². The van der Waals surface area contributed by atoms with Gasteiger partial charge in [0.15, 0.2) is 0 Å². The van der Waals surface area contributed by atoms with Gasteiger partial charge in [-0.2, -0.15) is 0 Å². The fourth-order valence-corrected chi connectivity index (χ4v) is 3.85. The summed E-state index contributed by atoms with van der Waals surface area (Å²) in [5, 5.41) is 3.89. The van der Waals surface area contributed by atoms with Gasteiger partial charge in [-0.3, -0.25) is 9.59 Å². The maximum atomic E-state index is 13.1. The molecule has 142 valence electrons. The molecule has 6 nitrogen and oxygen atoms in total. The van der Waals surface area contributed by atoms with Crippen LogP contribution in [0.2, 0.25) is 5.02 Å². The predicted octanol–water partition coefficient (Wildman–Crippen LogP) is 1.78. The van der Waals surface area contributed by atoms with Crippen LogP contribution in [0.4, 0.5) is 0 Å². The molecule has 0 atom stereocenters. The topological polar surface area (TPSA) is 61.9 Å². The lowest BCUT2D eigenvalue weighted by Crippen LogP contribution is -2.56. The van der Waals surface area contributed by atoms with Crippen molar-refractivity contribution in [1.82, 2.24) is 15.1 Å². The lowest BCUT2D eigenvalue weighted by molar-refractivity contribution is -0.158. The summed E-state index contributed by atoms with van der Waals surface area (Å²) in [6.45, 7) is 3.94. The molecule has 2 aliphatic rings. The van der Waals surface area contributed by atoms with Gasteiger partial charge in [0.25, 0.3) is 11.8 Å². The molecule has 0 unspecified atom stereocenters. The van der Waals surface area contributed by atoms with Crippen molar-refractivity contribution in [3.05, 3.63) is 34.9 Å². The van der Waals surface area contributed by atoms with Crippen LogP contribution in [0.3, 0.4) is 0 Å². The summed E-state index contributed by atoms with van der Waals surface area (Å²) in [7, 11) is 1.62. The van der Waals surface area contributed by atoms with Gasteiger partial charge < -0.3 is 19.9 Å². The van der Waals surface area contributed by atoms with Crippen molar-refractivity contribution >= 4 is 23.4 Å². The lowest BCUT2D eigenvalue weighted by atomic mass is 9.90. The van der Waals surface area contributed by atoms with E-state index in [0.717, 1.165) is 19.5 Å². The maximum Gasteiger partial charge on any atom is 0.254 e. The number of rotatable bonds is 3. The van der Waals surface area contributed by atoms with Gasteiger partial charge in [0.1, 0.15) is 5.60 Å². The molecule has 1 aromatic rings. The number of halogens is 1. The third-order valence-corrected chi connectivity index (χ3v) is 5.61. The molecule has 2 amide bonds. The molecule has 0 radical (unpaired) electrons. The zero-order valence-electron chi connectivity index (χ0n) is 15.2. The zero-order valence-corrected chi connectivity index (χ0v) is 15.9. The Morgan fingerprint density at radius 1 is 1.04 bits per heavy atom. The molecule has 2 aliphatic heterocycles. The van der Waals surface area contributed by atoms with Crippen LogP contribution in [0, 0.1) is 0 Å². The van der Waals surface area contributed by atoms with E-state index in [-0.39, 0.29) is 11.8 Å². The molecule has 1 aromatic carbocycles. The van der Waals surface area contributed by atoms with E-state index in [0.29, 0.717) is 49.6 Å². The molecule has 0 aliphatic carbocycles. The first-order chi connectivity index (χ1) is 12.6. The molecule has 1 N–H and O–H groups in total. The summed E-state index contributed by atoms with van der Waals surface area (Å²) in [4.78, 5) is 29.5. The molecule has 0 aromatic heterocycles. The van der Waals surface area contributed by atoms with Crippen LogP contribution >= 0.6 is 11.6 Å². The first-order valence-electron chi connectivity index (χ1n) is 9.16. The van der Waals surface area contributed by atoms with Crippen LogP contribution in [0.25, 0.3) is 0 Å². The predicted molar refractivity (Wildman–Crippen MR) is 100 cm³/mol. The molecule has 0 spiro atoms. The van der Waals surface area contributed by atoms with E-state index in [1.54, 1.807) is 31.4 Å². The van der Waals surface area contributed by atoms with E-state index in [4.69, 9.17) is 16.3 Å². The second-order valence-corrected chi connectivity index (χ2v) is 7.33. The normalized spacial score (nSPS) is 20.5. The summed E-state index contributed by atoms with van der Waals surface area (Å²) in [6.07, 6.45) is 2.14. The fraction of sp³-hybridized carbons (Fsp3) is 0.579. The van der Waals surface area contributed by atoms with Crippen molar-refractivity contribution in [1.29, 1.82) is 0 Å². The summed E-state index contributed by atoms with van der Waals surface area (Å²) >= 11 is 5.90. The minimum atomic E-state index is -0.722. The zero-order chi connectivity index (χ0) is 18.6. The van der Waals surface area contributed by atoms with Gasteiger partial charge in [0, 0.05) is 43.9 Å². The minimum Gasteiger partial charge on any atom is -0.368 e. The largest absolute Gasteiger partial charge is 0.368 e. The van der Waals surface area contributed by atoms with Gasteiger partial charge in [0.05, 0.1) is 0 Å². The Kier molecular flexibility index (Phi) is 6.16. The molecule has 3 rings (SSSR count). The highest BCUT2D eigenvalue weighted by Gasteiger charge is 2.42. The van der Waals surface area contributed by atoms with Gasteiger partial charge in [-0.1, -0.05) is 11.6 Å². The number of methoxy groups -OCH3 is 1. The minimum absolute atomic E-state index is 0.0145. The summed E-state index contributed by atoms with van der Waals surface area (Å²) < 4.78 is 5.67. The van der Waals surface area contributed by atoms with Gasteiger partial charge in [0.2, 0.25) is 0 Å². The molecule has 0 saturated carbocycles. The number of hydrogen-bond donors (Lipinski definition) is 1. The smallest absolute Gasteiger partial charge is 0.254 e. The van der Waals surface area contributed by atoms with E-state index in [2.05, 4.69) is 5.32 Å². The second-order valence-electron chi connectivity index (χ2n) is 6.89. The molecule has 2 fully saturated rings. The lowest BCUT2D eigenvalue weighted by Gasteiger charge is -2.38. The SMILES string of the molecule is COC1(C(=O)N2CCCN(C(=O)c3ccc(Cl)cc3)CC2)CCNCC1. The van der Waals surface area contributed by atoms with Crippen LogP contribution in [0.5, 0.6) is 0 Å². The highest BCUT2D eigenvalue weighted by atomic mass is 35.5. The Labute approximate surface area is 159 Å². The van der Waals surface area contributed by atoms with Crippen molar-refractivity contribution in [2.24, 2.45) is 0 Å². The van der Waals surface area contributed by atoms with E-state index < -0.39 is 5.60 Å². The first-order valence-corrected chi connectivity index (χ1v) is 9.54.